The lowest BCUT2D eigenvalue weighted by molar-refractivity contribution is 0.267. The highest BCUT2D eigenvalue weighted by Gasteiger charge is 2.39. The summed E-state index contributed by atoms with van der Waals surface area (Å²) < 4.78 is 1.14. The van der Waals surface area contributed by atoms with Gasteiger partial charge >= 0.3 is 0 Å². The molecule has 3 rings (SSSR count). The van der Waals surface area contributed by atoms with Gasteiger partial charge in [-0.3, -0.25) is 9.89 Å². The molecule has 3 unspecified atom stereocenters. The summed E-state index contributed by atoms with van der Waals surface area (Å²) in [5.41, 5.74) is 1.41. The molecule has 2 fully saturated rings. The van der Waals surface area contributed by atoms with Gasteiger partial charge in [0, 0.05) is 36.1 Å². The highest BCUT2D eigenvalue weighted by molar-refractivity contribution is 9.10. The van der Waals surface area contributed by atoms with Gasteiger partial charge in [0.15, 0.2) is 5.96 Å². The number of likely N-dealkylation sites (tertiary alicyclic amines) is 1. The molecule has 4 nitrogen and oxygen atoms in total. The molecule has 2 aliphatic rings. The molecule has 23 heavy (non-hydrogen) atoms. The first kappa shape index (κ1) is 16.8. The van der Waals surface area contributed by atoms with E-state index in [1.54, 1.807) is 0 Å². The van der Waals surface area contributed by atoms with Crippen molar-refractivity contribution in [2.24, 2.45) is 4.99 Å². The number of halogens is 1. The molecule has 0 radical (unpaired) electrons. The molecule has 1 saturated carbocycles. The van der Waals surface area contributed by atoms with Gasteiger partial charge in [0.25, 0.3) is 0 Å². The van der Waals surface area contributed by atoms with E-state index in [1.807, 2.05) is 7.05 Å². The van der Waals surface area contributed by atoms with Crippen LogP contribution >= 0.6 is 15.9 Å². The Labute approximate surface area is 147 Å². The minimum absolute atomic E-state index is 0.508. The second-order valence-electron chi connectivity index (χ2n) is 6.52. The highest BCUT2D eigenvalue weighted by atomic mass is 79.9. The Balaban J connectivity index is 1.46. The lowest BCUT2D eigenvalue weighted by Crippen LogP contribution is -2.45. The van der Waals surface area contributed by atoms with Crippen LogP contribution in [0.5, 0.6) is 0 Å². The number of benzene rings is 1. The van der Waals surface area contributed by atoms with Crippen molar-refractivity contribution in [1.82, 2.24) is 15.5 Å². The van der Waals surface area contributed by atoms with E-state index in [0.717, 1.165) is 23.5 Å². The van der Waals surface area contributed by atoms with E-state index < -0.39 is 0 Å². The van der Waals surface area contributed by atoms with Crippen molar-refractivity contribution in [3.05, 3.63) is 34.3 Å². The summed E-state index contributed by atoms with van der Waals surface area (Å²) in [7, 11) is 1.86. The summed E-state index contributed by atoms with van der Waals surface area (Å²) in [5.74, 6) is 1.55. The van der Waals surface area contributed by atoms with E-state index in [1.165, 1.54) is 31.4 Å². The first-order valence-corrected chi connectivity index (χ1v) is 9.47. The molecular formula is C18H27BrN4. The number of likely N-dealkylation sites (N-methyl/N-ethyl adjacent to an activating group) is 1. The maximum Gasteiger partial charge on any atom is 0.191 e. The van der Waals surface area contributed by atoms with Crippen LogP contribution in [-0.4, -0.2) is 49.6 Å². The van der Waals surface area contributed by atoms with Crippen LogP contribution in [0.2, 0.25) is 0 Å². The van der Waals surface area contributed by atoms with Crippen LogP contribution in [0.3, 0.4) is 0 Å². The summed E-state index contributed by atoms with van der Waals surface area (Å²) in [6.45, 7) is 5.62. The quantitative estimate of drug-likeness (QED) is 0.611. The predicted molar refractivity (Wildman–Crippen MR) is 100 cm³/mol. The SMILES string of the molecule is CCN1CCCC1CNC(=NC)NC1CC1c1ccc(Br)cc1. The second-order valence-corrected chi connectivity index (χ2v) is 7.44. The van der Waals surface area contributed by atoms with Crippen LogP contribution in [-0.2, 0) is 0 Å². The van der Waals surface area contributed by atoms with Gasteiger partial charge in [-0.2, -0.15) is 0 Å². The summed E-state index contributed by atoms with van der Waals surface area (Å²) in [4.78, 5) is 6.95. The Bertz CT molecular complexity index is 542. The maximum absolute atomic E-state index is 4.39. The number of nitrogens with zero attached hydrogens (tertiary/aromatic N) is 2. The molecule has 1 heterocycles. The van der Waals surface area contributed by atoms with Crippen molar-refractivity contribution >= 4 is 21.9 Å². The number of nitrogens with one attached hydrogen (secondary N) is 2. The highest BCUT2D eigenvalue weighted by Crippen LogP contribution is 2.40. The third kappa shape index (κ3) is 4.27. The smallest absolute Gasteiger partial charge is 0.191 e. The Morgan fingerprint density at radius 3 is 2.83 bits per heavy atom. The lowest BCUT2D eigenvalue weighted by Gasteiger charge is -2.24. The third-order valence-corrected chi connectivity index (χ3v) is 5.57. The van der Waals surface area contributed by atoms with E-state index in [2.05, 4.69) is 67.6 Å². The summed E-state index contributed by atoms with van der Waals surface area (Å²) in [6.07, 6.45) is 3.80. The molecule has 1 aliphatic heterocycles. The van der Waals surface area contributed by atoms with Gasteiger partial charge in [-0.05, 0) is 50.0 Å². The summed E-state index contributed by atoms with van der Waals surface area (Å²) in [5, 5.41) is 7.09. The van der Waals surface area contributed by atoms with E-state index in [4.69, 9.17) is 0 Å². The van der Waals surface area contributed by atoms with E-state index in [0.29, 0.717) is 18.0 Å². The molecule has 0 aromatic heterocycles. The topological polar surface area (TPSA) is 39.7 Å². The molecule has 5 heteroatoms. The number of rotatable bonds is 5. The zero-order valence-corrected chi connectivity index (χ0v) is 15.6. The van der Waals surface area contributed by atoms with Crippen LogP contribution in [0.4, 0.5) is 0 Å². The van der Waals surface area contributed by atoms with Gasteiger partial charge in [-0.15, -0.1) is 0 Å². The number of hydrogen-bond donors (Lipinski definition) is 2. The first-order chi connectivity index (χ1) is 11.2. The van der Waals surface area contributed by atoms with E-state index in [-0.39, 0.29) is 0 Å². The van der Waals surface area contributed by atoms with E-state index >= 15 is 0 Å². The average molecular weight is 379 g/mol. The molecule has 3 atom stereocenters. The van der Waals surface area contributed by atoms with Gasteiger partial charge in [0.05, 0.1) is 0 Å². The van der Waals surface area contributed by atoms with Crippen LogP contribution in [0.25, 0.3) is 0 Å². The first-order valence-electron chi connectivity index (χ1n) is 8.68. The molecular weight excluding hydrogens is 352 g/mol. The second kappa shape index (κ2) is 7.67. The normalized spacial score (nSPS) is 28.0. The minimum Gasteiger partial charge on any atom is -0.355 e. The van der Waals surface area contributed by atoms with Crippen molar-refractivity contribution in [2.75, 3.05) is 26.7 Å². The van der Waals surface area contributed by atoms with Crippen molar-refractivity contribution < 1.29 is 0 Å². The van der Waals surface area contributed by atoms with Crippen molar-refractivity contribution in [2.45, 2.75) is 44.2 Å². The zero-order valence-electron chi connectivity index (χ0n) is 14.1. The van der Waals surface area contributed by atoms with Crippen LogP contribution in [0, 0.1) is 0 Å². The van der Waals surface area contributed by atoms with Gasteiger partial charge in [-0.1, -0.05) is 35.0 Å². The monoisotopic (exact) mass is 378 g/mol. The summed E-state index contributed by atoms with van der Waals surface area (Å²) >= 11 is 3.50. The fourth-order valence-electron chi connectivity index (χ4n) is 3.56. The average Bonchev–Trinajstić information content (AvgIpc) is 3.18. The van der Waals surface area contributed by atoms with Crippen molar-refractivity contribution in [1.29, 1.82) is 0 Å². The van der Waals surface area contributed by atoms with Gasteiger partial charge in [0.1, 0.15) is 0 Å². The Morgan fingerprint density at radius 1 is 1.35 bits per heavy atom. The van der Waals surface area contributed by atoms with Crippen molar-refractivity contribution in [3.8, 4) is 0 Å². The largest absolute Gasteiger partial charge is 0.355 e. The molecule has 1 aromatic carbocycles. The number of aliphatic imine (C=N–C) groups is 1. The molecule has 1 aromatic rings. The van der Waals surface area contributed by atoms with Crippen LogP contribution in [0.15, 0.2) is 33.7 Å². The number of hydrogen-bond acceptors (Lipinski definition) is 2. The minimum atomic E-state index is 0.508. The van der Waals surface area contributed by atoms with Crippen LogP contribution in [0.1, 0.15) is 37.7 Å². The predicted octanol–water partition coefficient (Wildman–Crippen LogP) is 2.95. The molecule has 0 amide bonds. The lowest BCUT2D eigenvalue weighted by atomic mass is 10.1. The summed E-state index contributed by atoms with van der Waals surface area (Å²) in [6, 6.07) is 9.83. The fraction of sp³-hybridized carbons (Fsp3) is 0.611. The van der Waals surface area contributed by atoms with Gasteiger partial charge < -0.3 is 10.6 Å². The van der Waals surface area contributed by atoms with E-state index in [9.17, 15) is 0 Å². The standard InChI is InChI=1S/C18H27BrN4/c1-3-23-10-4-5-15(23)12-21-18(20-2)22-17-11-16(17)13-6-8-14(19)9-7-13/h6-9,15-17H,3-5,10-12H2,1-2H3,(H2,20,21,22). The Kier molecular flexibility index (Phi) is 5.59. The molecule has 126 valence electrons. The molecule has 2 N–H and O–H groups in total. The molecule has 1 saturated heterocycles. The molecule has 0 bridgehead atoms. The molecule has 1 aliphatic carbocycles. The molecule has 0 spiro atoms. The van der Waals surface area contributed by atoms with Crippen LogP contribution < -0.4 is 10.6 Å². The van der Waals surface area contributed by atoms with Crippen molar-refractivity contribution in [3.63, 3.8) is 0 Å². The maximum atomic E-state index is 4.39. The Hall–Kier alpha value is -1.07. The fourth-order valence-corrected chi connectivity index (χ4v) is 3.82. The Morgan fingerprint density at radius 2 is 2.13 bits per heavy atom. The zero-order chi connectivity index (χ0) is 16.2. The van der Waals surface area contributed by atoms with Gasteiger partial charge in [0.2, 0.25) is 0 Å². The third-order valence-electron chi connectivity index (χ3n) is 5.04. The number of guanidine groups is 1. The van der Waals surface area contributed by atoms with Gasteiger partial charge in [-0.25, -0.2) is 0 Å².